The highest BCUT2D eigenvalue weighted by Crippen LogP contribution is 2.41. The maximum absolute atomic E-state index is 5.47. The van der Waals surface area contributed by atoms with Crippen molar-refractivity contribution in [1.82, 2.24) is 14.1 Å². The zero-order valence-corrected chi connectivity index (χ0v) is 32.9. The van der Waals surface area contributed by atoms with E-state index in [1.54, 1.807) is 0 Å². The van der Waals surface area contributed by atoms with Crippen LogP contribution in [0.2, 0.25) is 0 Å². The molecule has 2 heterocycles. The minimum absolute atomic E-state index is 0.916. The number of aryl methyl sites for hydroxylation is 1. The van der Waals surface area contributed by atoms with Gasteiger partial charge in [0.15, 0.2) is 0 Å². The number of imidazole rings is 1. The maximum atomic E-state index is 5.47. The number of benzene rings is 8. The number of nitrogens with zero attached hydrogens (tertiary/aromatic N) is 4. The van der Waals surface area contributed by atoms with E-state index in [9.17, 15) is 0 Å². The van der Waals surface area contributed by atoms with Gasteiger partial charge < -0.3 is 4.57 Å². The standard InChI is InChI=1S/C54H42N4/c1-4-38-22-24-40(25-23-38)45-34-35-46(41-26-28-42(29-27-41)54-56-49-18-10-13-21-52(49)58(54)43-14-6-5-7-15-43)53(36(45)2)55-37(3)39-30-32-44(33-31-39)57-50-19-11-8-16-47(50)48-17-9-12-20-51(48)57/h5-35H,4H2,1-3H3. The van der Waals surface area contributed by atoms with E-state index in [0.29, 0.717) is 0 Å². The monoisotopic (exact) mass is 746 g/mol. The number of aliphatic imine (C=N–C) groups is 1. The van der Waals surface area contributed by atoms with Crippen LogP contribution in [0.5, 0.6) is 0 Å². The Morgan fingerprint density at radius 1 is 0.500 bits per heavy atom. The van der Waals surface area contributed by atoms with Gasteiger partial charge in [0.1, 0.15) is 5.82 Å². The zero-order valence-electron chi connectivity index (χ0n) is 32.9. The molecule has 0 bridgehead atoms. The van der Waals surface area contributed by atoms with Gasteiger partial charge in [0.25, 0.3) is 0 Å². The van der Waals surface area contributed by atoms with E-state index in [1.807, 2.05) is 12.1 Å². The SMILES string of the molecule is CCc1ccc(-c2ccc(-c3ccc(-c4nc5ccccc5n4-c4ccccc4)cc3)c(N=C(C)c3ccc(-n4c5ccccc5c5ccccc54)cc3)c2C)cc1. The molecule has 0 N–H and O–H groups in total. The van der Waals surface area contributed by atoms with E-state index in [4.69, 9.17) is 9.98 Å². The molecule has 278 valence electrons. The second kappa shape index (κ2) is 14.6. The number of rotatable bonds is 8. The number of fused-ring (bicyclic) bond motifs is 4. The summed E-state index contributed by atoms with van der Waals surface area (Å²) in [6, 6.07) is 67.2. The summed E-state index contributed by atoms with van der Waals surface area (Å²) in [5, 5.41) is 2.52. The molecule has 10 rings (SSSR count). The zero-order chi connectivity index (χ0) is 39.2. The van der Waals surface area contributed by atoms with Gasteiger partial charge in [-0.05, 0) is 102 Å². The van der Waals surface area contributed by atoms with Crippen LogP contribution in [-0.2, 0) is 6.42 Å². The Morgan fingerprint density at radius 2 is 1.03 bits per heavy atom. The summed E-state index contributed by atoms with van der Waals surface area (Å²) in [6.45, 7) is 6.53. The van der Waals surface area contributed by atoms with Gasteiger partial charge in [-0.1, -0.05) is 146 Å². The van der Waals surface area contributed by atoms with Crippen molar-refractivity contribution in [3.05, 3.63) is 205 Å². The topological polar surface area (TPSA) is 35.1 Å². The summed E-state index contributed by atoms with van der Waals surface area (Å²) in [4.78, 5) is 10.6. The summed E-state index contributed by atoms with van der Waals surface area (Å²) >= 11 is 0. The second-order valence-corrected chi connectivity index (χ2v) is 15.0. The average Bonchev–Trinajstić information content (AvgIpc) is 3.84. The third-order valence-electron chi connectivity index (χ3n) is 11.5. The Balaban J connectivity index is 1.06. The predicted molar refractivity (Wildman–Crippen MR) is 244 cm³/mol. The maximum Gasteiger partial charge on any atom is 0.145 e. The molecule has 4 heteroatoms. The molecule has 0 saturated carbocycles. The highest BCUT2D eigenvalue weighted by Gasteiger charge is 2.18. The lowest BCUT2D eigenvalue weighted by Crippen LogP contribution is -1.99. The summed E-state index contributed by atoms with van der Waals surface area (Å²) in [5.74, 6) is 0.916. The molecule has 58 heavy (non-hydrogen) atoms. The quantitative estimate of drug-likeness (QED) is 0.143. The van der Waals surface area contributed by atoms with Crippen molar-refractivity contribution in [3.8, 4) is 45.0 Å². The van der Waals surface area contributed by atoms with Crippen molar-refractivity contribution >= 4 is 44.2 Å². The predicted octanol–water partition coefficient (Wildman–Crippen LogP) is 14.1. The van der Waals surface area contributed by atoms with Crippen molar-refractivity contribution < 1.29 is 0 Å². The van der Waals surface area contributed by atoms with Crippen LogP contribution in [-0.4, -0.2) is 19.8 Å². The number of hydrogen-bond acceptors (Lipinski definition) is 2. The van der Waals surface area contributed by atoms with Crippen molar-refractivity contribution in [2.45, 2.75) is 27.2 Å². The average molecular weight is 747 g/mol. The summed E-state index contributed by atoms with van der Waals surface area (Å²) < 4.78 is 4.60. The van der Waals surface area contributed by atoms with Crippen molar-refractivity contribution in [2.75, 3.05) is 0 Å². The number of hydrogen-bond donors (Lipinski definition) is 0. The van der Waals surface area contributed by atoms with Crippen molar-refractivity contribution in [3.63, 3.8) is 0 Å². The molecule has 4 nitrogen and oxygen atoms in total. The molecule has 0 saturated heterocycles. The Kier molecular flexibility index (Phi) is 8.88. The smallest absolute Gasteiger partial charge is 0.145 e. The first-order valence-corrected chi connectivity index (χ1v) is 20.1. The minimum Gasteiger partial charge on any atom is -0.309 e. The lowest BCUT2D eigenvalue weighted by atomic mass is 9.92. The van der Waals surface area contributed by atoms with Crippen LogP contribution < -0.4 is 0 Å². The summed E-state index contributed by atoms with van der Waals surface area (Å²) in [6.07, 6.45) is 1.01. The fourth-order valence-electron chi connectivity index (χ4n) is 8.45. The Bertz CT molecular complexity index is 3080. The van der Waals surface area contributed by atoms with E-state index in [0.717, 1.165) is 73.9 Å². The summed E-state index contributed by atoms with van der Waals surface area (Å²) in [7, 11) is 0. The van der Waals surface area contributed by atoms with Crippen LogP contribution in [0.4, 0.5) is 5.69 Å². The van der Waals surface area contributed by atoms with Crippen LogP contribution >= 0.6 is 0 Å². The molecule has 0 aliphatic rings. The van der Waals surface area contributed by atoms with E-state index in [1.165, 1.54) is 38.5 Å². The van der Waals surface area contributed by atoms with Gasteiger partial charge in [0, 0.05) is 39.0 Å². The van der Waals surface area contributed by atoms with Crippen LogP contribution in [0.15, 0.2) is 193 Å². The third-order valence-corrected chi connectivity index (χ3v) is 11.5. The lowest BCUT2D eigenvalue weighted by molar-refractivity contribution is 1.10. The molecule has 0 fully saturated rings. The highest BCUT2D eigenvalue weighted by molar-refractivity contribution is 6.09. The van der Waals surface area contributed by atoms with Gasteiger partial charge in [-0.3, -0.25) is 9.56 Å². The van der Waals surface area contributed by atoms with Gasteiger partial charge in [-0.15, -0.1) is 0 Å². The molecule has 0 amide bonds. The fourth-order valence-corrected chi connectivity index (χ4v) is 8.45. The largest absolute Gasteiger partial charge is 0.309 e. The van der Waals surface area contributed by atoms with Gasteiger partial charge in [0.05, 0.1) is 27.8 Å². The Hall–Kier alpha value is -7.30. The normalized spacial score (nSPS) is 11.9. The first-order chi connectivity index (χ1) is 28.6. The number of aromatic nitrogens is 3. The van der Waals surface area contributed by atoms with Crippen molar-refractivity contribution in [2.24, 2.45) is 4.99 Å². The molecule has 10 aromatic rings. The molecule has 0 atom stereocenters. The van der Waals surface area contributed by atoms with E-state index < -0.39 is 0 Å². The molecule has 8 aromatic carbocycles. The minimum atomic E-state index is 0.916. The van der Waals surface area contributed by atoms with Gasteiger partial charge in [-0.25, -0.2) is 4.98 Å². The third kappa shape index (κ3) is 6.11. The lowest BCUT2D eigenvalue weighted by Gasteiger charge is -2.16. The molecule has 2 aromatic heterocycles. The highest BCUT2D eigenvalue weighted by atomic mass is 15.1. The van der Waals surface area contributed by atoms with Crippen LogP contribution in [0, 0.1) is 6.92 Å². The Morgan fingerprint density at radius 3 is 1.71 bits per heavy atom. The second-order valence-electron chi connectivity index (χ2n) is 15.0. The molecular weight excluding hydrogens is 705 g/mol. The molecule has 0 unspecified atom stereocenters. The molecular formula is C54H42N4. The van der Waals surface area contributed by atoms with Gasteiger partial charge >= 0.3 is 0 Å². The molecule has 0 spiro atoms. The van der Waals surface area contributed by atoms with E-state index >= 15 is 0 Å². The molecule has 0 aliphatic carbocycles. The van der Waals surface area contributed by atoms with E-state index in [2.05, 4.69) is 206 Å². The van der Waals surface area contributed by atoms with Crippen LogP contribution in [0.25, 0.3) is 77.9 Å². The molecule has 0 aliphatic heterocycles. The number of para-hydroxylation sites is 5. The van der Waals surface area contributed by atoms with Gasteiger partial charge in [0.2, 0.25) is 0 Å². The summed E-state index contributed by atoms with van der Waals surface area (Å²) in [5.41, 5.74) is 17.8. The first kappa shape index (κ1) is 35.1. The van der Waals surface area contributed by atoms with Gasteiger partial charge in [-0.2, -0.15) is 0 Å². The fraction of sp³-hybridized carbons (Fsp3) is 0.0741. The van der Waals surface area contributed by atoms with E-state index in [-0.39, 0.29) is 0 Å². The van der Waals surface area contributed by atoms with Crippen molar-refractivity contribution in [1.29, 1.82) is 0 Å². The molecule has 0 radical (unpaired) electrons. The van der Waals surface area contributed by atoms with Crippen LogP contribution in [0.3, 0.4) is 0 Å². The Labute approximate surface area is 339 Å². The van der Waals surface area contributed by atoms with Crippen LogP contribution in [0.1, 0.15) is 30.5 Å². The first-order valence-electron chi connectivity index (χ1n) is 20.1.